The average Bonchev–Trinajstić information content (AvgIpc) is 2.00. The Labute approximate surface area is 76.8 Å². The van der Waals surface area contributed by atoms with E-state index in [-0.39, 0.29) is 12.1 Å². The molecule has 0 aromatic rings. The van der Waals surface area contributed by atoms with E-state index in [0.29, 0.717) is 5.71 Å². The van der Waals surface area contributed by atoms with Gasteiger partial charge in [0.1, 0.15) is 0 Å². The molecule has 7 heteroatoms. The highest BCUT2D eigenvalue weighted by atomic mass is 15.3. The number of rotatable bonds is 4. The predicted octanol–water partition coefficient (Wildman–Crippen LogP) is -1.48. The maximum atomic E-state index is 5.37. The minimum Gasteiger partial charge on any atom is -0.369 e. The first-order valence-electron chi connectivity index (χ1n) is 3.69. The highest BCUT2D eigenvalue weighted by Gasteiger charge is 1.86. The Kier molecular flexibility index (Phi) is 5.20. The van der Waals surface area contributed by atoms with Gasteiger partial charge in [0.05, 0.1) is 18.1 Å². The zero-order chi connectivity index (χ0) is 10.3. The van der Waals surface area contributed by atoms with Crippen LogP contribution in [0, 0.1) is 0 Å². The summed E-state index contributed by atoms with van der Waals surface area (Å²) < 4.78 is 0. The van der Waals surface area contributed by atoms with E-state index in [1.807, 2.05) is 0 Å². The molecule has 0 aliphatic carbocycles. The van der Waals surface area contributed by atoms with Crippen LogP contribution in [0.15, 0.2) is 15.3 Å². The van der Waals surface area contributed by atoms with Gasteiger partial charge in [0.15, 0.2) is 0 Å². The van der Waals surface area contributed by atoms with Gasteiger partial charge in [-0.15, -0.1) is 5.10 Å². The van der Waals surface area contributed by atoms with Crippen molar-refractivity contribution in [1.29, 1.82) is 0 Å². The molecule has 74 valence electrons. The van der Waals surface area contributed by atoms with Gasteiger partial charge in [-0.25, -0.2) is 0 Å². The lowest BCUT2D eigenvalue weighted by atomic mass is 10.5. The van der Waals surface area contributed by atoms with Crippen LogP contribution in [0.25, 0.3) is 0 Å². The maximum Gasteiger partial charge on any atom is 0.211 e. The van der Waals surface area contributed by atoms with Crippen molar-refractivity contribution in [2.24, 2.45) is 32.5 Å². The molecule has 0 rings (SSSR count). The van der Waals surface area contributed by atoms with Crippen molar-refractivity contribution >= 4 is 17.9 Å². The van der Waals surface area contributed by atoms with Crippen LogP contribution in [-0.4, -0.2) is 24.1 Å². The molecule has 7 N–H and O–H groups in total. The highest BCUT2D eigenvalue weighted by Crippen LogP contribution is 1.75. The normalized spacial score (nSPS) is 14.2. The summed E-state index contributed by atoms with van der Waals surface area (Å²) in [6.07, 6.45) is 1.27. The van der Waals surface area contributed by atoms with Crippen LogP contribution in [0.3, 0.4) is 0 Å². The highest BCUT2D eigenvalue weighted by molar-refractivity contribution is 6.29. The van der Waals surface area contributed by atoms with Gasteiger partial charge in [0.25, 0.3) is 0 Å². The summed E-state index contributed by atoms with van der Waals surface area (Å²) in [5.41, 5.74) is 18.7. The first kappa shape index (κ1) is 11.4. The number of hydrogen-bond donors (Lipinski definition) is 4. The Morgan fingerprint density at radius 3 is 2.46 bits per heavy atom. The molecule has 0 saturated heterocycles. The fourth-order valence-corrected chi connectivity index (χ4v) is 0.411. The Bertz CT molecular complexity index is 223. The fraction of sp³-hybridized carbons (Fsp3) is 0.500. The summed E-state index contributed by atoms with van der Waals surface area (Å²) in [6.45, 7) is 3.47. The number of hydrazone groups is 1. The van der Waals surface area contributed by atoms with E-state index in [1.165, 1.54) is 6.21 Å². The smallest absolute Gasteiger partial charge is 0.211 e. The molecule has 0 aromatic heterocycles. The van der Waals surface area contributed by atoms with Crippen LogP contribution >= 0.6 is 0 Å². The van der Waals surface area contributed by atoms with Gasteiger partial charge in [0, 0.05) is 0 Å². The number of nitrogens with two attached hydrogens (primary N) is 3. The molecule has 0 heterocycles. The molecule has 0 radical (unpaired) electrons. The molecular weight excluding hydrogens is 170 g/mol. The van der Waals surface area contributed by atoms with E-state index in [0.717, 1.165) is 0 Å². The van der Waals surface area contributed by atoms with E-state index >= 15 is 0 Å². The summed E-state index contributed by atoms with van der Waals surface area (Å²) >= 11 is 0. The quantitative estimate of drug-likeness (QED) is 0.184. The largest absolute Gasteiger partial charge is 0.369 e. The first-order valence-corrected chi connectivity index (χ1v) is 3.69. The Morgan fingerprint density at radius 2 is 2.00 bits per heavy atom. The topological polar surface area (TPSA) is 127 Å². The molecule has 0 saturated carbocycles. The van der Waals surface area contributed by atoms with E-state index in [9.17, 15) is 0 Å². The Balaban J connectivity index is 3.99. The molecule has 0 aromatic carbocycles. The third kappa shape index (κ3) is 8.27. The van der Waals surface area contributed by atoms with Crippen LogP contribution in [0.5, 0.6) is 0 Å². The average molecular weight is 185 g/mol. The van der Waals surface area contributed by atoms with Crippen LogP contribution < -0.4 is 22.6 Å². The third-order valence-electron chi connectivity index (χ3n) is 0.853. The Hall–Kier alpha value is -1.63. The van der Waals surface area contributed by atoms with Crippen molar-refractivity contribution in [2.45, 2.75) is 20.0 Å². The van der Waals surface area contributed by atoms with E-state index < -0.39 is 0 Å². The fourth-order valence-electron chi connectivity index (χ4n) is 0.411. The molecule has 0 aliphatic heterocycles. The second kappa shape index (κ2) is 5.95. The van der Waals surface area contributed by atoms with Crippen LogP contribution in [0.2, 0.25) is 0 Å². The van der Waals surface area contributed by atoms with Gasteiger partial charge in [-0.3, -0.25) is 5.43 Å². The molecule has 0 spiro atoms. The summed E-state index contributed by atoms with van der Waals surface area (Å²) in [5, 5.41) is 10.8. The van der Waals surface area contributed by atoms with Crippen molar-refractivity contribution in [3.05, 3.63) is 0 Å². The minimum absolute atomic E-state index is 0.0899. The van der Waals surface area contributed by atoms with Crippen LogP contribution in [0.1, 0.15) is 13.8 Å². The minimum atomic E-state index is -0.202. The number of nitrogens with zero attached hydrogens (tertiary/aromatic N) is 3. The second-order valence-corrected chi connectivity index (χ2v) is 2.44. The van der Waals surface area contributed by atoms with Crippen molar-refractivity contribution in [3.63, 3.8) is 0 Å². The molecule has 0 bridgehead atoms. The lowest BCUT2D eigenvalue weighted by molar-refractivity contribution is 0.598. The maximum absolute atomic E-state index is 5.37. The van der Waals surface area contributed by atoms with E-state index in [4.69, 9.17) is 17.2 Å². The van der Waals surface area contributed by atoms with Crippen LogP contribution in [0.4, 0.5) is 0 Å². The van der Waals surface area contributed by atoms with Gasteiger partial charge >= 0.3 is 0 Å². The Morgan fingerprint density at radius 1 is 1.38 bits per heavy atom. The SMILES string of the molecule is CC(/C=N/NC(C)N)=N\N=C(N)N. The molecule has 7 nitrogen and oxygen atoms in total. The first-order chi connectivity index (χ1) is 6.02. The number of hydrogen-bond acceptors (Lipinski definition) is 5. The van der Waals surface area contributed by atoms with Crippen molar-refractivity contribution in [3.8, 4) is 0 Å². The summed E-state index contributed by atoms with van der Waals surface area (Å²) in [7, 11) is 0. The van der Waals surface area contributed by atoms with Crippen molar-refractivity contribution in [2.75, 3.05) is 0 Å². The lowest BCUT2D eigenvalue weighted by Crippen LogP contribution is -2.30. The summed E-state index contributed by atoms with van der Waals surface area (Å²) in [4.78, 5) is 0. The number of guanidine groups is 1. The monoisotopic (exact) mass is 185 g/mol. The predicted molar refractivity (Wildman–Crippen MR) is 54.2 cm³/mol. The van der Waals surface area contributed by atoms with Crippen molar-refractivity contribution < 1.29 is 0 Å². The van der Waals surface area contributed by atoms with Gasteiger partial charge in [-0.1, -0.05) is 0 Å². The molecule has 13 heavy (non-hydrogen) atoms. The van der Waals surface area contributed by atoms with Gasteiger partial charge < -0.3 is 17.2 Å². The molecule has 0 aliphatic rings. The van der Waals surface area contributed by atoms with E-state index in [2.05, 4.69) is 20.7 Å². The molecule has 0 amide bonds. The summed E-state index contributed by atoms with van der Waals surface area (Å²) in [6, 6.07) is 0. The summed E-state index contributed by atoms with van der Waals surface area (Å²) in [5.74, 6) is -0.0899. The van der Waals surface area contributed by atoms with E-state index in [1.54, 1.807) is 13.8 Å². The zero-order valence-electron chi connectivity index (χ0n) is 7.73. The number of nitrogens with one attached hydrogen (secondary N) is 1. The molecule has 1 atom stereocenters. The van der Waals surface area contributed by atoms with Crippen molar-refractivity contribution in [1.82, 2.24) is 5.43 Å². The van der Waals surface area contributed by atoms with Gasteiger partial charge in [0.2, 0.25) is 5.96 Å². The van der Waals surface area contributed by atoms with Gasteiger partial charge in [-0.2, -0.15) is 10.2 Å². The molecule has 1 unspecified atom stereocenters. The third-order valence-corrected chi connectivity index (χ3v) is 0.853. The van der Waals surface area contributed by atoms with Crippen LogP contribution in [-0.2, 0) is 0 Å². The second-order valence-electron chi connectivity index (χ2n) is 2.44. The zero-order valence-corrected chi connectivity index (χ0v) is 7.73. The molecular formula is C6H15N7. The lowest BCUT2D eigenvalue weighted by Gasteiger charge is -2.01. The van der Waals surface area contributed by atoms with Gasteiger partial charge in [-0.05, 0) is 13.8 Å². The standard InChI is InChI=1S/C6H15N7/c1-4(11-13-6(8)9)3-10-12-5(2)7/h3,5,12H,7H2,1-2H3,(H4,8,9,13)/b10-3+,11-4+. The molecule has 0 fully saturated rings.